The second kappa shape index (κ2) is 9.91. The molecule has 0 aromatic carbocycles. The van der Waals surface area contributed by atoms with E-state index in [4.69, 9.17) is 4.74 Å². The van der Waals surface area contributed by atoms with E-state index in [2.05, 4.69) is 30.5 Å². The normalized spacial score (nSPS) is 10.8. The van der Waals surface area contributed by atoms with Crippen molar-refractivity contribution in [2.45, 2.75) is 33.1 Å². The summed E-state index contributed by atoms with van der Waals surface area (Å²) in [5.74, 6) is 0.142. The fourth-order valence-electron chi connectivity index (χ4n) is 2.05. The van der Waals surface area contributed by atoms with E-state index in [0.717, 1.165) is 25.9 Å². The Hall–Kier alpha value is -0.910. The number of aryl methyl sites for hydroxylation is 3. The van der Waals surface area contributed by atoms with Gasteiger partial charge in [0.15, 0.2) is 0 Å². The fraction of sp³-hybridized carbons (Fsp3) is 0.667. The van der Waals surface area contributed by atoms with Crippen molar-refractivity contribution in [2.75, 3.05) is 33.4 Å². The zero-order chi connectivity index (χ0) is 14.8. The zero-order valence-corrected chi connectivity index (χ0v) is 13.6. The number of carbonyl (C=O) groups is 1. The number of nitrogens with one attached hydrogen (secondary N) is 2. The summed E-state index contributed by atoms with van der Waals surface area (Å²) < 4.78 is 4.93. The second-order valence-electron chi connectivity index (χ2n) is 4.88. The van der Waals surface area contributed by atoms with E-state index in [1.807, 2.05) is 11.3 Å². The molecule has 0 saturated heterocycles. The predicted molar refractivity (Wildman–Crippen MR) is 84.5 cm³/mol. The average Bonchev–Trinajstić information content (AvgIpc) is 2.72. The van der Waals surface area contributed by atoms with Crippen LogP contribution in [0.15, 0.2) is 6.07 Å². The minimum atomic E-state index is 0.142. The molecule has 0 bridgehead atoms. The van der Waals surface area contributed by atoms with Gasteiger partial charge in [-0.2, -0.15) is 0 Å². The summed E-state index contributed by atoms with van der Waals surface area (Å²) in [4.78, 5) is 14.4. The number of thiophene rings is 1. The van der Waals surface area contributed by atoms with Crippen LogP contribution in [0.25, 0.3) is 0 Å². The van der Waals surface area contributed by atoms with Gasteiger partial charge < -0.3 is 15.4 Å². The molecule has 0 radical (unpaired) electrons. The molecule has 1 heterocycles. The van der Waals surface area contributed by atoms with Gasteiger partial charge in [-0.1, -0.05) is 0 Å². The Balaban J connectivity index is 2.04. The van der Waals surface area contributed by atoms with Crippen LogP contribution in [0, 0.1) is 13.8 Å². The lowest BCUT2D eigenvalue weighted by atomic mass is 10.1. The van der Waals surface area contributed by atoms with E-state index in [1.54, 1.807) is 7.11 Å². The van der Waals surface area contributed by atoms with Gasteiger partial charge >= 0.3 is 0 Å². The van der Waals surface area contributed by atoms with Crippen molar-refractivity contribution in [3.8, 4) is 0 Å². The van der Waals surface area contributed by atoms with Gasteiger partial charge in [0.1, 0.15) is 0 Å². The predicted octanol–water partition coefficient (Wildman–Crippen LogP) is 2.04. The molecule has 114 valence electrons. The number of methoxy groups -OCH3 is 1. The third kappa shape index (κ3) is 7.03. The molecule has 5 heteroatoms. The smallest absolute Gasteiger partial charge is 0.220 e. The van der Waals surface area contributed by atoms with Crippen LogP contribution in [-0.4, -0.2) is 39.3 Å². The highest BCUT2D eigenvalue weighted by Gasteiger charge is 2.05. The molecule has 0 unspecified atom stereocenters. The van der Waals surface area contributed by atoms with Crippen LogP contribution in [0.5, 0.6) is 0 Å². The first-order valence-corrected chi connectivity index (χ1v) is 7.97. The van der Waals surface area contributed by atoms with Crippen molar-refractivity contribution in [3.05, 3.63) is 21.4 Å². The van der Waals surface area contributed by atoms with Crippen LogP contribution >= 0.6 is 11.3 Å². The molecule has 2 N–H and O–H groups in total. The molecule has 1 rings (SSSR count). The van der Waals surface area contributed by atoms with E-state index in [-0.39, 0.29) is 5.91 Å². The Labute approximate surface area is 125 Å². The number of rotatable bonds is 10. The lowest BCUT2D eigenvalue weighted by Gasteiger charge is -2.06. The van der Waals surface area contributed by atoms with Crippen molar-refractivity contribution in [2.24, 2.45) is 0 Å². The summed E-state index contributed by atoms with van der Waals surface area (Å²) in [6.45, 7) is 7.27. The highest BCUT2D eigenvalue weighted by molar-refractivity contribution is 7.12. The molecule has 0 atom stereocenters. The Bertz CT molecular complexity index is 405. The quantitative estimate of drug-likeness (QED) is 0.650. The maximum atomic E-state index is 11.7. The fourth-order valence-corrected chi connectivity index (χ4v) is 3.03. The van der Waals surface area contributed by atoms with Gasteiger partial charge in [-0.05, 0) is 38.3 Å². The summed E-state index contributed by atoms with van der Waals surface area (Å²) in [5.41, 5.74) is 1.39. The highest BCUT2D eigenvalue weighted by Crippen LogP contribution is 2.21. The van der Waals surface area contributed by atoms with Gasteiger partial charge in [-0.3, -0.25) is 4.79 Å². The molecule has 20 heavy (non-hydrogen) atoms. The number of amides is 1. The Morgan fingerprint density at radius 1 is 1.30 bits per heavy atom. The van der Waals surface area contributed by atoms with Crippen LogP contribution in [0.1, 0.15) is 28.2 Å². The molecule has 1 aromatic rings. The summed E-state index contributed by atoms with van der Waals surface area (Å²) >= 11 is 1.83. The molecule has 0 saturated carbocycles. The first-order chi connectivity index (χ1) is 9.63. The van der Waals surface area contributed by atoms with E-state index in [9.17, 15) is 4.79 Å². The summed E-state index contributed by atoms with van der Waals surface area (Å²) in [6, 6.07) is 2.23. The minimum absolute atomic E-state index is 0.142. The third-order valence-corrected chi connectivity index (χ3v) is 4.11. The average molecular weight is 298 g/mol. The molecule has 4 nitrogen and oxygen atoms in total. The van der Waals surface area contributed by atoms with Gasteiger partial charge in [-0.25, -0.2) is 0 Å². The Kier molecular flexibility index (Phi) is 8.49. The van der Waals surface area contributed by atoms with Crippen LogP contribution in [0.4, 0.5) is 0 Å². The molecular weight excluding hydrogens is 272 g/mol. The maximum absolute atomic E-state index is 11.7. The molecular formula is C15H26N2O2S. The molecule has 0 aliphatic carbocycles. The molecule has 1 amide bonds. The first-order valence-electron chi connectivity index (χ1n) is 7.15. The van der Waals surface area contributed by atoms with Crippen molar-refractivity contribution < 1.29 is 9.53 Å². The lowest BCUT2D eigenvalue weighted by molar-refractivity contribution is -0.121. The summed E-state index contributed by atoms with van der Waals surface area (Å²) in [6.07, 6.45) is 2.52. The van der Waals surface area contributed by atoms with E-state index in [1.165, 1.54) is 15.3 Å². The number of hydrogen-bond acceptors (Lipinski definition) is 4. The topological polar surface area (TPSA) is 50.4 Å². The van der Waals surface area contributed by atoms with Gasteiger partial charge in [0.2, 0.25) is 5.91 Å². The van der Waals surface area contributed by atoms with Crippen molar-refractivity contribution in [1.82, 2.24) is 10.6 Å². The van der Waals surface area contributed by atoms with Gasteiger partial charge in [-0.15, -0.1) is 11.3 Å². The Morgan fingerprint density at radius 2 is 2.10 bits per heavy atom. The lowest BCUT2D eigenvalue weighted by Crippen LogP contribution is -2.32. The number of hydrogen-bond donors (Lipinski definition) is 2. The Morgan fingerprint density at radius 3 is 2.75 bits per heavy atom. The van der Waals surface area contributed by atoms with Gasteiger partial charge in [0.25, 0.3) is 0 Å². The maximum Gasteiger partial charge on any atom is 0.220 e. The standard InChI is InChI=1S/C15H26N2O2S/c1-12-11-14(13(2)20-12)5-4-6-15(18)17-8-7-16-9-10-19-3/h11,16H,4-10H2,1-3H3,(H,17,18). The number of carbonyl (C=O) groups excluding carboxylic acids is 1. The van der Waals surface area contributed by atoms with E-state index in [0.29, 0.717) is 19.6 Å². The summed E-state index contributed by atoms with van der Waals surface area (Å²) in [5, 5.41) is 6.12. The van der Waals surface area contributed by atoms with Crippen LogP contribution in [-0.2, 0) is 16.0 Å². The molecule has 0 aliphatic heterocycles. The number of ether oxygens (including phenoxy) is 1. The van der Waals surface area contributed by atoms with Crippen LogP contribution in [0.2, 0.25) is 0 Å². The molecule has 0 spiro atoms. The third-order valence-electron chi connectivity index (χ3n) is 3.10. The molecule has 0 aliphatic rings. The largest absolute Gasteiger partial charge is 0.383 e. The van der Waals surface area contributed by atoms with E-state index >= 15 is 0 Å². The van der Waals surface area contributed by atoms with Crippen molar-refractivity contribution in [3.63, 3.8) is 0 Å². The van der Waals surface area contributed by atoms with Gasteiger partial charge in [0, 0.05) is 42.9 Å². The highest BCUT2D eigenvalue weighted by atomic mass is 32.1. The summed E-state index contributed by atoms with van der Waals surface area (Å²) in [7, 11) is 1.68. The second-order valence-corrected chi connectivity index (χ2v) is 6.35. The van der Waals surface area contributed by atoms with Gasteiger partial charge in [0.05, 0.1) is 6.61 Å². The molecule has 0 fully saturated rings. The van der Waals surface area contributed by atoms with Crippen LogP contribution < -0.4 is 10.6 Å². The first kappa shape index (κ1) is 17.1. The zero-order valence-electron chi connectivity index (χ0n) is 12.8. The van der Waals surface area contributed by atoms with Crippen molar-refractivity contribution in [1.29, 1.82) is 0 Å². The van der Waals surface area contributed by atoms with Crippen LogP contribution in [0.3, 0.4) is 0 Å². The van der Waals surface area contributed by atoms with Crippen molar-refractivity contribution >= 4 is 17.2 Å². The monoisotopic (exact) mass is 298 g/mol. The SMILES string of the molecule is COCCNCCNC(=O)CCCc1cc(C)sc1C. The minimum Gasteiger partial charge on any atom is -0.383 e. The molecule has 1 aromatic heterocycles. The van der Waals surface area contributed by atoms with E-state index < -0.39 is 0 Å².